The highest BCUT2D eigenvalue weighted by atomic mass is 16.5. The molecule has 5 rings (SSSR count). The minimum atomic E-state index is 0.0619. The van der Waals surface area contributed by atoms with Crippen LogP contribution in [-0.4, -0.2) is 60.1 Å². The van der Waals surface area contributed by atoms with Crippen LogP contribution in [0.4, 0.5) is 0 Å². The summed E-state index contributed by atoms with van der Waals surface area (Å²) in [6.45, 7) is 3.21. The number of carbonyl (C=O) groups excluding carboxylic acids is 1. The van der Waals surface area contributed by atoms with Gasteiger partial charge in [-0.3, -0.25) is 9.69 Å². The summed E-state index contributed by atoms with van der Waals surface area (Å²) >= 11 is 0. The summed E-state index contributed by atoms with van der Waals surface area (Å²) in [6, 6.07) is 10.6. The van der Waals surface area contributed by atoms with E-state index in [0.717, 1.165) is 55.7 Å². The van der Waals surface area contributed by atoms with Gasteiger partial charge in [-0.1, -0.05) is 18.2 Å². The van der Waals surface area contributed by atoms with Crippen LogP contribution in [0.2, 0.25) is 0 Å². The Bertz CT molecular complexity index is 831. The fourth-order valence-corrected chi connectivity index (χ4v) is 5.82. The number of para-hydroxylation sites is 1. The van der Waals surface area contributed by atoms with E-state index >= 15 is 0 Å². The van der Waals surface area contributed by atoms with E-state index < -0.39 is 0 Å². The number of hydrogen-bond acceptors (Lipinski definition) is 4. The first-order chi connectivity index (χ1) is 14.1. The van der Waals surface area contributed by atoms with E-state index in [1.807, 2.05) is 42.3 Å². The number of ether oxygens (including phenoxy) is 1. The first-order valence-electron chi connectivity index (χ1n) is 11.2. The molecule has 1 saturated carbocycles. The van der Waals surface area contributed by atoms with E-state index in [2.05, 4.69) is 4.90 Å². The van der Waals surface area contributed by atoms with Gasteiger partial charge in [0.2, 0.25) is 5.91 Å². The molecule has 2 aromatic rings. The summed E-state index contributed by atoms with van der Waals surface area (Å²) in [4.78, 5) is 17.8. The third-order valence-corrected chi connectivity index (χ3v) is 7.41. The molecule has 2 saturated heterocycles. The van der Waals surface area contributed by atoms with Gasteiger partial charge in [-0.15, -0.1) is 0 Å². The van der Waals surface area contributed by atoms with Crippen LogP contribution in [0.1, 0.15) is 50.7 Å². The number of carbonyl (C=O) groups is 1. The van der Waals surface area contributed by atoms with Crippen LogP contribution >= 0.6 is 0 Å². The van der Waals surface area contributed by atoms with Crippen molar-refractivity contribution in [2.75, 3.05) is 26.7 Å². The Morgan fingerprint density at radius 2 is 2.03 bits per heavy atom. The number of rotatable bonds is 4. The molecule has 2 aliphatic heterocycles. The molecule has 29 heavy (non-hydrogen) atoms. The summed E-state index contributed by atoms with van der Waals surface area (Å²) in [6.07, 6.45) is 8.41. The van der Waals surface area contributed by atoms with E-state index in [0.29, 0.717) is 12.5 Å². The highest BCUT2D eigenvalue weighted by Gasteiger charge is 2.47. The van der Waals surface area contributed by atoms with E-state index in [4.69, 9.17) is 9.15 Å². The molecule has 5 heteroatoms. The van der Waals surface area contributed by atoms with Crippen molar-refractivity contribution in [2.24, 2.45) is 0 Å². The zero-order chi connectivity index (χ0) is 19.8. The van der Waals surface area contributed by atoms with Gasteiger partial charge in [0.25, 0.3) is 0 Å². The maximum Gasteiger partial charge on any atom is 0.230 e. The number of fused-ring (bicyclic) bond motifs is 1. The minimum Gasteiger partial charge on any atom is -0.461 e. The van der Waals surface area contributed by atoms with Crippen molar-refractivity contribution in [2.45, 2.75) is 69.1 Å². The lowest BCUT2D eigenvalue weighted by molar-refractivity contribution is -0.137. The Hall–Kier alpha value is -1.85. The number of benzene rings is 1. The smallest absolute Gasteiger partial charge is 0.230 e. The van der Waals surface area contributed by atoms with Crippen molar-refractivity contribution in [3.8, 4) is 0 Å². The topological polar surface area (TPSA) is 45.9 Å². The average Bonchev–Trinajstić information content (AvgIpc) is 3.48. The molecule has 3 atom stereocenters. The summed E-state index contributed by atoms with van der Waals surface area (Å²) < 4.78 is 12.1. The van der Waals surface area contributed by atoms with Gasteiger partial charge in [0, 0.05) is 31.1 Å². The number of nitrogens with zero attached hydrogens (tertiary/aromatic N) is 2. The highest BCUT2D eigenvalue weighted by Crippen LogP contribution is 2.43. The van der Waals surface area contributed by atoms with Gasteiger partial charge in [-0.2, -0.15) is 0 Å². The van der Waals surface area contributed by atoms with Crippen molar-refractivity contribution in [1.29, 1.82) is 0 Å². The monoisotopic (exact) mass is 396 g/mol. The summed E-state index contributed by atoms with van der Waals surface area (Å²) in [5.41, 5.74) is 0.915. The molecule has 0 bridgehead atoms. The van der Waals surface area contributed by atoms with Gasteiger partial charge in [0.1, 0.15) is 11.3 Å². The minimum absolute atomic E-state index is 0.0619. The Kier molecular flexibility index (Phi) is 5.12. The molecule has 3 aliphatic rings. The molecule has 1 aliphatic carbocycles. The highest BCUT2D eigenvalue weighted by molar-refractivity contribution is 5.82. The molecule has 1 aromatic carbocycles. The van der Waals surface area contributed by atoms with Crippen LogP contribution in [0.25, 0.3) is 11.0 Å². The second-order valence-corrected chi connectivity index (χ2v) is 9.19. The molecule has 5 nitrogen and oxygen atoms in total. The molecule has 156 valence electrons. The number of hydrogen-bond donors (Lipinski definition) is 0. The normalized spacial score (nSPS) is 30.4. The van der Waals surface area contributed by atoms with Gasteiger partial charge >= 0.3 is 0 Å². The lowest BCUT2D eigenvalue weighted by Gasteiger charge is -2.48. The number of amides is 1. The van der Waals surface area contributed by atoms with Crippen molar-refractivity contribution in [1.82, 2.24) is 9.80 Å². The van der Waals surface area contributed by atoms with Gasteiger partial charge in [-0.05, 0) is 70.2 Å². The van der Waals surface area contributed by atoms with Gasteiger partial charge in [0.05, 0.1) is 12.0 Å². The van der Waals surface area contributed by atoms with Gasteiger partial charge in [0.15, 0.2) is 0 Å². The predicted molar refractivity (Wildman–Crippen MR) is 113 cm³/mol. The molecular weight excluding hydrogens is 364 g/mol. The maximum atomic E-state index is 13.2. The van der Waals surface area contributed by atoms with Crippen molar-refractivity contribution >= 4 is 16.9 Å². The van der Waals surface area contributed by atoms with Crippen LogP contribution in [0.5, 0.6) is 0 Å². The SMILES string of the molecule is CN(C(=O)Cc1cc2ccccc2o1)[C@H]1CC[C@@]2(CCCO2)C[C@@H]1N1CCCC1. The summed E-state index contributed by atoms with van der Waals surface area (Å²) in [5.74, 6) is 0.911. The van der Waals surface area contributed by atoms with Crippen molar-refractivity contribution < 1.29 is 13.9 Å². The van der Waals surface area contributed by atoms with Crippen LogP contribution in [0.15, 0.2) is 34.7 Å². The van der Waals surface area contributed by atoms with Gasteiger partial charge < -0.3 is 14.1 Å². The predicted octanol–water partition coefficient (Wildman–Crippen LogP) is 4.00. The molecule has 1 aromatic heterocycles. The summed E-state index contributed by atoms with van der Waals surface area (Å²) in [5, 5.41) is 1.06. The lowest BCUT2D eigenvalue weighted by atomic mass is 9.76. The quantitative estimate of drug-likeness (QED) is 0.784. The second-order valence-electron chi connectivity index (χ2n) is 9.19. The Morgan fingerprint density at radius 3 is 2.79 bits per heavy atom. The number of likely N-dealkylation sites (N-methyl/N-ethyl adjacent to an activating group) is 1. The van der Waals surface area contributed by atoms with Crippen LogP contribution in [-0.2, 0) is 16.0 Å². The van der Waals surface area contributed by atoms with E-state index in [1.165, 1.54) is 25.7 Å². The maximum absolute atomic E-state index is 13.2. The van der Waals surface area contributed by atoms with Crippen molar-refractivity contribution in [3.63, 3.8) is 0 Å². The Labute approximate surface area is 173 Å². The molecule has 3 heterocycles. The van der Waals surface area contributed by atoms with Crippen LogP contribution < -0.4 is 0 Å². The van der Waals surface area contributed by atoms with Crippen molar-refractivity contribution in [3.05, 3.63) is 36.1 Å². The zero-order valence-electron chi connectivity index (χ0n) is 17.4. The summed E-state index contributed by atoms with van der Waals surface area (Å²) in [7, 11) is 1.99. The van der Waals surface area contributed by atoms with Crippen LogP contribution in [0.3, 0.4) is 0 Å². The molecule has 1 spiro atoms. The molecule has 0 unspecified atom stereocenters. The third kappa shape index (κ3) is 3.71. The fourth-order valence-electron chi connectivity index (χ4n) is 5.82. The Morgan fingerprint density at radius 1 is 1.21 bits per heavy atom. The van der Waals surface area contributed by atoms with E-state index in [-0.39, 0.29) is 17.6 Å². The molecule has 0 N–H and O–H groups in total. The largest absolute Gasteiger partial charge is 0.461 e. The standard InChI is InChI=1S/C24H32N2O3/c1-25(23(27)16-19-15-18-7-2-3-8-22(18)29-19)20-9-11-24(10-6-14-28-24)17-21(20)26-12-4-5-13-26/h2-3,7-8,15,20-21H,4-6,9-14,16-17H2,1H3/t20-,21-,24-/m0/s1. The molecular formula is C24H32N2O3. The van der Waals surface area contributed by atoms with E-state index in [1.54, 1.807) is 0 Å². The average molecular weight is 397 g/mol. The first-order valence-corrected chi connectivity index (χ1v) is 11.2. The Balaban J connectivity index is 1.32. The third-order valence-electron chi connectivity index (χ3n) is 7.41. The second kappa shape index (κ2) is 7.77. The zero-order valence-corrected chi connectivity index (χ0v) is 17.4. The fraction of sp³-hybridized carbons (Fsp3) is 0.625. The van der Waals surface area contributed by atoms with Crippen LogP contribution in [0, 0.1) is 0 Å². The lowest BCUT2D eigenvalue weighted by Crippen LogP contribution is -2.58. The first kappa shape index (κ1) is 19.1. The van der Waals surface area contributed by atoms with E-state index in [9.17, 15) is 4.79 Å². The van der Waals surface area contributed by atoms with Gasteiger partial charge in [-0.25, -0.2) is 0 Å². The molecule has 0 radical (unpaired) electrons. The molecule has 3 fully saturated rings. The number of furan rings is 1. The molecule has 1 amide bonds. The number of likely N-dealkylation sites (tertiary alicyclic amines) is 1.